The van der Waals surface area contributed by atoms with Gasteiger partial charge in [0.1, 0.15) is 11.4 Å². The van der Waals surface area contributed by atoms with Crippen LogP contribution in [0.1, 0.15) is 34.6 Å². The van der Waals surface area contributed by atoms with E-state index in [0.717, 1.165) is 35.8 Å². The summed E-state index contributed by atoms with van der Waals surface area (Å²) >= 11 is 0. The van der Waals surface area contributed by atoms with Gasteiger partial charge in [-0.3, -0.25) is 9.59 Å². The van der Waals surface area contributed by atoms with Gasteiger partial charge in [0.25, 0.3) is 0 Å². The first-order valence-corrected chi connectivity index (χ1v) is 9.28. The Kier molecular flexibility index (Phi) is 4.86. The van der Waals surface area contributed by atoms with E-state index in [1.807, 2.05) is 6.07 Å². The molecule has 1 aromatic heterocycles. The molecule has 0 bridgehead atoms. The number of furan rings is 1. The maximum Gasteiger partial charge on any atom is 0.312 e. The molecule has 0 spiro atoms. The Morgan fingerprint density at radius 1 is 1.14 bits per heavy atom. The van der Waals surface area contributed by atoms with Gasteiger partial charge in [0.15, 0.2) is 0 Å². The summed E-state index contributed by atoms with van der Waals surface area (Å²) in [5.74, 6) is -2.73. The van der Waals surface area contributed by atoms with Gasteiger partial charge in [-0.2, -0.15) is 0 Å². The lowest BCUT2D eigenvalue weighted by Gasteiger charge is -2.14. The van der Waals surface area contributed by atoms with Gasteiger partial charge in [-0.1, -0.05) is 12.1 Å². The van der Waals surface area contributed by atoms with E-state index >= 15 is 0 Å². The molecular weight excluding hydrogens is 361 g/mol. The number of carbonyl (C=O) groups is 2. The van der Waals surface area contributed by atoms with Crippen molar-refractivity contribution in [3.63, 3.8) is 0 Å². The van der Waals surface area contributed by atoms with Crippen molar-refractivity contribution in [2.75, 3.05) is 6.54 Å². The van der Waals surface area contributed by atoms with Crippen LogP contribution in [0, 0.1) is 5.82 Å². The average Bonchev–Trinajstić information content (AvgIpc) is 3.28. The molecular formula is C22H20FNO4. The number of hydrogen-bond acceptors (Lipinski definition) is 3. The highest BCUT2D eigenvalue weighted by atomic mass is 19.1. The zero-order chi connectivity index (χ0) is 19.7. The first-order chi connectivity index (χ1) is 13.5. The van der Waals surface area contributed by atoms with Crippen molar-refractivity contribution in [2.24, 2.45) is 0 Å². The summed E-state index contributed by atoms with van der Waals surface area (Å²) in [7, 11) is 0. The number of fused-ring (bicyclic) bond motifs is 2. The van der Waals surface area contributed by atoms with E-state index in [1.165, 1.54) is 35.4 Å². The van der Waals surface area contributed by atoms with Crippen LogP contribution in [0.2, 0.25) is 0 Å². The number of halogens is 1. The second kappa shape index (κ2) is 7.46. The van der Waals surface area contributed by atoms with Crippen LogP contribution in [0.4, 0.5) is 4.39 Å². The van der Waals surface area contributed by atoms with Crippen molar-refractivity contribution in [1.29, 1.82) is 0 Å². The number of aliphatic carboxylic acids is 1. The van der Waals surface area contributed by atoms with Gasteiger partial charge < -0.3 is 14.8 Å². The van der Waals surface area contributed by atoms with Crippen LogP contribution in [-0.4, -0.2) is 23.5 Å². The molecule has 2 N–H and O–H groups in total. The van der Waals surface area contributed by atoms with Crippen molar-refractivity contribution >= 4 is 22.8 Å². The summed E-state index contributed by atoms with van der Waals surface area (Å²) < 4.78 is 18.7. The van der Waals surface area contributed by atoms with Crippen LogP contribution in [0.15, 0.2) is 47.1 Å². The summed E-state index contributed by atoms with van der Waals surface area (Å²) in [5.41, 5.74) is 4.62. The highest BCUT2D eigenvalue weighted by Gasteiger charge is 2.22. The molecule has 5 nitrogen and oxygen atoms in total. The van der Waals surface area contributed by atoms with Crippen molar-refractivity contribution in [3.05, 3.63) is 70.7 Å². The molecule has 0 fully saturated rings. The van der Waals surface area contributed by atoms with Crippen molar-refractivity contribution < 1.29 is 23.5 Å². The number of amides is 1. The Hall–Kier alpha value is -3.15. The van der Waals surface area contributed by atoms with Crippen LogP contribution in [0.25, 0.3) is 11.0 Å². The number of carboxylic acid groups (broad SMARTS) is 1. The van der Waals surface area contributed by atoms with Crippen LogP contribution in [0.3, 0.4) is 0 Å². The SMILES string of the molecule is O=C(Cc1coc2cc3c(cc12)CCC3)NCC(C(=O)O)c1ccc(F)cc1. The van der Waals surface area contributed by atoms with E-state index in [4.69, 9.17) is 4.42 Å². The molecule has 1 atom stereocenters. The fourth-order valence-corrected chi connectivity index (χ4v) is 3.78. The molecule has 0 saturated carbocycles. The molecule has 0 radical (unpaired) electrons. The number of nitrogens with one attached hydrogen (secondary N) is 1. The molecule has 0 aliphatic heterocycles. The van der Waals surface area contributed by atoms with E-state index in [-0.39, 0.29) is 18.9 Å². The third kappa shape index (κ3) is 3.63. The van der Waals surface area contributed by atoms with Gasteiger partial charge in [0.05, 0.1) is 18.6 Å². The quantitative estimate of drug-likeness (QED) is 0.684. The molecule has 28 heavy (non-hydrogen) atoms. The second-order valence-electron chi connectivity index (χ2n) is 7.15. The Balaban J connectivity index is 1.44. The van der Waals surface area contributed by atoms with Crippen molar-refractivity contribution in [1.82, 2.24) is 5.32 Å². The third-order valence-electron chi connectivity index (χ3n) is 5.29. The average molecular weight is 381 g/mol. The molecule has 0 saturated heterocycles. The molecule has 144 valence electrons. The Morgan fingerprint density at radius 3 is 2.57 bits per heavy atom. The number of benzene rings is 2. The molecule has 2 aromatic carbocycles. The summed E-state index contributed by atoms with van der Waals surface area (Å²) in [4.78, 5) is 23.9. The van der Waals surface area contributed by atoms with E-state index < -0.39 is 17.7 Å². The van der Waals surface area contributed by atoms with Gasteiger partial charge in [-0.15, -0.1) is 0 Å². The summed E-state index contributed by atoms with van der Waals surface area (Å²) in [6.45, 7) is -0.0645. The highest BCUT2D eigenvalue weighted by Crippen LogP contribution is 2.30. The molecule has 4 rings (SSSR count). The number of carboxylic acids is 1. The van der Waals surface area contributed by atoms with E-state index in [0.29, 0.717) is 5.56 Å². The van der Waals surface area contributed by atoms with E-state index in [9.17, 15) is 19.1 Å². The number of hydrogen-bond donors (Lipinski definition) is 2. The third-order valence-corrected chi connectivity index (χ3v) is 5.29. The van der Waals surface area contributed by atoms with Crippen LogP contribution in [0.5, 0.6) is 0 Å². The zero-order valence-electron chi connectivity index (χ0n) is 15.2. The van der Waals surface area contributed by atoms with Gasteiger partial charge in [-0.25, -0.2) is 4.39 Å². The minimum Gasteiger partial charge on any atom is -0.481 e. The summed E-state index contributed by atoms with van der Waals surface area (Å²) in [6.07, 6.45) is 4.94. The topological polar surface area (TPSA) is 79.5 Å². The number of aryl methyl sites for hydroxylation is 2. The first-order valence-electron chi connectivity index (χ1n) is 9.28. The van der Waals surface area contributed by atoms with Gasteiger partial charge in [0.2, 0.25) is 5.91 Å². The number of rotatable bonds is 6. The van der Waals surface area contributed by atoms with Crippen molar-refractivity contribution in [3.8, 4) is 0 Å². The summed E-state index contributed by atoms with van der Waals surface area (Å²) in [6, 6.07) is 9.41. The van der Waals surface area contributed by atoms with Crippen LogP contribution >= 0.6 is 0 Å². The van der Waals surface area contributed by atoms with Gasteiger partial charge in [-0.05, 0) is 60.2 Å². The standard InChI is InChI=1S/C22H20FNO4/c23-17-6-4-13(5-7-17)19(22(26)27)11-24-21(25)10-16-12-28-20-9-15-3-1-2-14(15)8-18(16)20/h4-9,12,19H,1-3,10-11H2,(H,24,25)(H,26,27). The molecule has 3 aromatic rings. The van der Waals surface area contributed by atoms with E-state index in [1.54, 1.807) is 6.26 Å². The Labute approximate surface area is 161 Å². The van der Waals surface area contributed by atoms with Gasteiger partial charge in [0, 0.05) is 17.5 Å². The normalized spacial score (nSPS) is 14.0. The Bertz CT molecular complexity index is 1040. The predicted octanol–water partition coefficient (Wildman–Crippen LogP) is 3.59. The molecule has 6 heteroatoms. The summed E-state index contributed by atoms with van der Waals surface area (Å²) in [5, 5.41) is 13.0. The monoisotopic (exact) mass is 381 g/mol. The highest BCUT2D eigenvalue weighted by molar-refractivity contribution is 5.89. The fraction of sp³-hybridized carbons (Fsp3) is 0.273. The van der Waals surface area contributed by atoms with E-state index in [2.05, 4.69) is 11.4 Å². The minimum absolute atomic E-state index is 0.0645. The molecule has 1 heterocycles. The van der Waals surface area contributed by atoms with Crippen molar-refractivity contribution in [2.45, 2.75) is 31.6 Å². The largest absolute Gasteiger partial charge is 0.481 e. The lowest BCUT2D eigenvalue weighted by Crippen LogP contribution is -2.32. The molecule has 1 aliphatic carbocycles. The molecule has 1 unspecified atom stereocenters. The first kappa shape index (κ1) is 18.2. The number of carbonyl (C=O) groups excluding carboxylic acids is 1. The second-order valence-corrected chi connectivity index (χ2v) is 7.15. The van der Waals surface area contributed by atoms with Gasteiger partial charge >= 0.3 is 5.97 Å². The smallest absolute Gasteiger partial charge is 0.312 e. The lowest BCUT2D eigenvalue weighted by molar-refractivity contribution is -0.138. The lowest BCUT2D eigenvalue weighted by atomic mass is 9.99. The molecule has 1 amide bonds. The zero-order valence-corrected chi connectivity index (χ0v) is 15.2. The van der Waals surface area contributed by atoms with Crippen LogP contribution in [-0.2, 0) is 28.9 Å². The maximum atomic E-state index is 13.1. The fourth-order valence-electron chi connectivity index (χ4n) is 3.78. The molecule has 1 aliphatic rings. The Morgan fingerprint density at radius 2 is 1.86 bits per heavy atom. The maximum absolute atomic E-state index is 13.1. The van der Waals surface area contributed by atoms with Crippen LogP contribution < -0.4 is 5.32 Å². The minimum atomic E-state index is -1.07. The predicted molar refractivity (Wildman–Crippen MR) is 102 cm³/mol.